The van der Waals surface area contributed by atoms with Gasteiger partial charge in [-0.2, -0.15) is 0 Å². The van der Waals surface area contributed by atoms with Crippen molar-refractivity contribution in [1.29, 1.82) is 0 Å². The third kappa shape index (κ3) is 4.25. The molecular formula is C26H28N6O3. The number of ether oxygens (including phenoxy) is 1. The van der Waals surface area contributed by atoms with Crippen LogP contribution in [-0.4, -0.2) is 29.1 Å². The highest BCUT2D eigenvalue weighted by Gasteiger charge is 2.17. The average molecular weight is 473 g/mol. The Morgan fingerprint density at radius 1 is 0.914 bits per heavy atom. The topological polar surface area (TPSA) is 111 Å². The molecule has 0 spiro atoms. The van der Waals surface area contributed by atoms with Gasteiger partial charge in [-0.25, -0.2) is 14.8 Å². The van der Waals surface area contributed by atoms with Crippen molar-refractivity contribution in [3.05, 3.63) is 74.7 Å². The molecule has 0 saturated carbocycles. The van der Waals surface area contributed by atoms with E-state index < -0.39 is 0 Å². The average Bonchev–Trinajstić information content (AvgIpc) is 3.48. The number of aromatic amines is 2. The number of H-pyrrole nitrogens is 2. The minimum Gasteiger partial charge on any atom is -0.486 e. The minimum absolute atomic E-state index is 0.311. The zero-order valence-electron chi connectivity index (χ0n) is 20.1. The molecule has 3 heterocycles. The van der Waals surface area contributed by atoms with Crippen molar-refractivity contribution in [3.63, 3.8) is 0 Å². The Hall–Kier alpha value is -4.14. The lowest BCUT2D eigenvalue weighted by atomic mass is 10.2. The number of aromatic nitrogens is 6. The SMILES string of the molecule is CCCn1c(=O)c2[nH]c(-c3ccc(OCc4nc5ccc(C)cc5[nH]4)cc3)nc2n(CCC)c1=O. The monoisotopic (exact) mass is 472 g/mol. The van der Waals surface area contributed by atoms with Crippen molar-refractivity contribution in [2.45, 2.75) is 53.3 Å². The van der Waals surface area contributed by atoms with E-state index in [1.165, 1.54) is 10.1 Å². The van der Waals surface area contributed by atoms with Crippen LogP contribution in [0.4, 0.5) is 0 Å². The van der Waals surface area contributed by atoms with E-state index in [9.17, 15) is 9.59 Å². The van der Waals surface area contributed by atoms with Crippen molar-refractivity contribution in [1.82, 2.24) is 29.1 Å². The van der Waals surface area contributed by atoms with Crippen LogP contribution in [0.3, 0.4) is 0 Å². The third-order valence-corrected chi connectivity index (χ3v) is 5.95. The van der Waals surface area contributed by atoms with Crippen LogP contribution in [0.15, 0.2) is 52.1 Å². The van der Waals surface area contributed by atoms with Gasteiger partial charge in [0, 0.05) is 18.7 Å². The normalized spacial score (nSPS) is 11.5. The Bertz CT molecular complexity index is 1620. The van der Waals surface area contributed by atoms with E-state index in [4.69, 9.17) is 4.74 Å². The number of imidazole rings is 2. The molecule has 0 saturated heterocycles. The molecule has 0 aliphatic rings. The van der Waals surface area contributed by atoms with Crippen LogP contribution in [-0.2, 0) is 19.7 Å². The maximum absolute atomic E-state index is 12.9. The van der Waals surface area contributed by atoms with E-state index in [0.717, 1.165) is 28.8 Å². The zero-order chi connectivity index (χ0) is 24.5. The molecule has 0 amide bonds. The first kappa shape index (κ1) is 22.6. The Morgan fingerprint density at radius 2 is 1.66 bits per heavy atom. The van der Waals surface area contributed by atoms with Gasteiger partial charge in [-0.1, -0.05) is 19.9 Å². The molecule has 3 aromatic heterocycles. The van der Waals surface area contributed by atoms with Crippen molar-refractivity contribution in [3.8, 4) is 17.1 Å². The molecule has 35 heavy (non-hydrogen) atoms. The molecule has 5 rings (SSSR count). The summed E-state index contributed by atoms with van der Waals surface area (Å²) in [4.78, 5) is 41.4. The predicted molar refractivity (Wildman–Crippen MR) is 136 cm³/mol. The first-order chi connectivity index (χ1) is 17.0. The molecule has 9 nitrogen and oxygen atoms in total. The largest absolute Gasteiger partial charge is 0.486 e. The summed E-state index contributed by atoms with van der Waals surface area (Å²) in [5.74, 6) is 1.98. The molecule has 0 aliphatic heterocycles. The molecule has 180 valence electrons. The molecule has 2 aromatic carbocycles. The fourth-order valence-electron chi connectivity index (χ4n) is 4.25. The summed E-state index contributed by atoms with van der Waals surface area (Å²) in [5.41, 5.74) is 3.96. The Labute approximate surface area is 201 Å². The Balaban J connectivity index is 1.41. The summed E-state index contributed by atoms with van der Waals surface area (Å²) in [6.45, 7) is 7.17. The predicted octanol–water partition coefficient (Wildman–Crippen LogP) is 4.14. The smallest absolute Gasteiger partial charge is 0.332 e. The van der Waals surface area contributed by atoms with Crippen molar-refractivity contribution in [2.75, 3.05) is 0 Å². The van der Waals surface area contributed by atoms with Crippen LogP contribution < -0.4 is 16.0 Å². The molecule has 2 N–H and O–H groups in total. The molecule has 0 atom stereocenters. The van der Waals surface area contributed by atoms with E-state index in [-0.39, 0.29) is 11.2 Å². The van der Waals surface area contributed by atoms with E-state index in [0.29, 0.717) is 48.9 Å². The van der Waals surface area contributed by atoms with E-state index >= 15 is 0 Å². The molecule has 0 unspecified atom stereocenters. The van der Waals surface area contributed by atoms with Gasteiger partial charge in [0.2, 0.25) is 0 Å². The highest BCUT2D eigenvalue weighted by molar-refractivity contribution is 5.76. The second kappa shape index (κ2) is 9.25. The number of fused-ring (bicyclic) bond motifs is 2. The van der Waals surface area contributed by atoms with Gasteiger partial charge in [0.15, 0.2) is 5.65 Å². The number of rotatable bonds is 8. The van der Waals surface area contributed by atoms with Gasteiger partial charge in [-0.3, -0.25) is 13.9 Å². The second-order valence-electron chi connectivity index (χ2n) is 8.69. The Morgan fingerprint density at radius 3 is 2.40 bits per heavy atom. The lowest BCUT2D eigenvalue weighted by Crippen LogP contribution is -2.40. The standard InChI is InChI=1S/C26H28N6O3/c1-4-12-31-24-22(25(33)32(13-5-2)26(31)34)29-23(30-24)17-7-9-18(10-8-17)35-15-21-27-19-11-6-16(3)14-20(19)28-21/h6-11,14H,4-5,12-13,15H2,1-3H3,(H,27,28)(H,29,30). The molecule has 0 bridgehead atoms. The van der Waals surface area contributed by atoms with Crippen LogP contribution >= 0.6 is 0 Å². The number of aryl methyl sites for hydroxylation is 2. The van der Waals surface area contributed by atoms with Crippen molar-refractivity contribution in [2.24, 2.45) is 0 Å². The lowest BCUT2D eigenvalue weighted by molar-refractivity contribution is 0.297. The molecule has 5 aromatic rings. The summed E-state index contributed by atoms with van der Waals surface area (Å²) in [7, 11) is 0. The molecule has 9 heteroatoms. The van der Waals surface area contributed by atoms with Gasteiger partial charge >= 0.3 is 5.69 Å². The third-order valence-electron chi connectivity index (χ3n) is 5.95. The van der Waals surface area contributed by atoms with Gasteiger partial charge in [0.05, 0.1) is 11.0 Å². The number of nitrogens with zero attached hydrogens (tertiary/aromatic N) is 4. The Kier molecular flexibility index (Phi) is 5.98. The fraction of sp³-hybridized carbons (Fsp3) is 0.308. The summed E-state index contributed by atoms with van der Waals surface area (Å²) >= 11 is 0. The molecule has 0 radical (unpaired) electrons. The van der Waals surface area contributed by atoms with Crippen LogP contribution in [0, 0.1) is 6.92 Å². The highest BCUT2D eigenvalue weighted by atomic mass is 16.5. The second-order valence-corrected chi connectivity index (χ2v) is 8.69. The van der Waals surface area contributed by atoms with E-state index in [2.05, 4.69) is 26.0 Å². The van der Waals surface area contributed by atoms with Gasteiger partial charge in [-0.15, -0.1) is 0 Å². The van der Waals surface area contributed by atoms with Crippen molar-refractivity contribution < 1.29 is 4.74 Å². The lowest BCUT2D eigenvalue weighted by Gasteiger charge is -2.09. The maximum atomic E-state index is 12.9. The number of nitrogens with one attached hydrogen (secondary N) is 2. The number of hydrogen-bond donors (Lipinski definition) is 2. The summed E-state index contributed by atoms with van der Waals surface area (Å²) < 4.78 is 8.78. The first-order valence-corrected chi connectivity index (χ1v) is 11.9. The maximum Gasteiger partial charge on any atom is 0.332 e. The summed E-state index contributed by atoms with van der Waals surface area (Å²) in [6, 6.07) is 13.5. The first-order valence-electron chi connectivity index (χ1n) is 11.9. The number of hydrogen-bond acceptors (Lipinski definition) is 5. The quantitative estimate of drug-likeness (QED) is 0.353. The summed E-state index contributed by atoms with van der Waals surface area (Å²) in [6.07, 6.45) is 1.46. The van der Waals surface area contributed by atoms with Crippen LogP contribution in [0.25, 0.3) is 33.6 Å². The van der Waals surface area contributed by atoms with Crippen molar-refractivity contribution >= 4 is 22.2 Å². The molecule has 0 aliphatic carbocycles. The fourth-order valence-corrected chi connectivity index (χ4v) is 4.25. The highest BCUT2D eigenvalue weighted by Crippen LogP contribution is 2.22. The van der Waals surface area contributed by atoms with E-state index in [1.54, 1.807) is 4.57 Å². The van der Waals surface area contributed by atoms with Crippen LogP contribution in [0.1, 0.15) is 38.1 Å². The van der Waals surface area contributed by atoms with Crippen LogP contribution in [0.2, 0.25) is 0 Å². The van der Waals surface area contributed by atoms with Gasteiger partial charge < -0.3 is 14.7 Å². The minimum atomic E-state index is -0.334. The number of benzene rings is 2. The zero-order valence-corrected chi connectivity index (χ0v) is 20.1. The van der Waals surface area contributed by atoms with Gasteiger partial charge in [-0.05, 0) is 61.7 Å². The molecular weight excluding hydrogens is 444 g/mol. The van der Waals surface area contributed by atoms with Gasteiger partial charge in [0.1, 0.15) is 29.5 Å². The molecule has 0 fully saturated rings. The summed E-state index contributed by atoms with van der Waals surface area (Å²) in [5, 5.41) is 0. The van der Waals surface area contributed by atoms with E-state index in [1.807, 2.05) is 57.2 Å². The van der Waals surface area contributed by atoms with Crippen LogP contribution in [0.5, 0.6) is 5.75 Å². The van der Waals surface area contributed by atoms with Gasteiger partial charge in [0.25, 0.3) is 5.56 Å².